The average molecular weight is 639 g/mol. The third kappa shape index (κ3) is 5.16. The summed E-state index contributed by atoms with van der Waals surface area (Å²) in [7, 11) is 1.34. The number of aliphatic hydroxyl groups excluding tert-OH is 2. The summed E-state index contributed by atoms with van der Waals surface area (Å²) in [5.41, 5.74) is -3.58. The molecule has 13 nitrogen and oxygen atoms in total. The molecule has 6 rings (SSSR count). The van der Waals surface area contributed by atoms with E-state index >= 15 is 0 Å². The topological polar surface area (TPSA) is 196 Å². The molecule has 46 heavy (non-hydrogen) atoms. The largest absolute Gasteiger partial charge is 0.507 e. The lowest BCUT2D eigenvalue weighted by Gasteiger charge is -2.42. The molecule has 4 aliphatic rings. The number of rotatable bonds is 6. The Labute approximate surface area is 265 Å². The van der Waals surface area contributed by atoms with Crippen LogP contribution in [-0.2, 0) is 20.7 Å². The zero-order valence-electron chi connectivity index (χ0n) is 25.9. The predicted molar refractivity (Wildman–Crippen MR) is 161 cm³/mol. The number of phenols is 2. The molecule has 0 radical (unpaired) electrons. The number of aromatic hydroxyl groups is 2. The number of ketones is 3. The van der Waals surface area contributed by atoms with Gasteiger partial charge in [-0.1, -0.05) is 12.1 Å². The van der Waals surface area contributed by atoms with Crippen molar-refractivity contribution in [2.75, 3.05) is 26.8 Å². The zero-order valence-corrected chi connectivity index (χ0v) is 25.9. The normalized spacial score (nSPS) is 29.3. The summed E-state index contributed by atoms with van der Waals surface area (Å²) >= 11 is 0. The van der Waals surface area contributed by atoms with Gasteiger partial charge in [-0.15, -0.1) is 0 Å². The van der Waals surface area contributed by atoms with Gasteiger partial charge in [-0.05, 0) is 32.8 Å². The van der Waals surface area contributed by atoms with Crippen molar-refractivity contribution in [1.82, 2.24) is 4.90 Å². The number of aliphatic imine (C=N–C) groups is 1. The van der Waals surface area contributed by atoms with Crippen LogP contribution in [0, 0.1) is 0 Å². The van der Waals surface area contributed by atoms with Crippen molar-refractivity contribution in [3.05, 3.63) is 51.6 Å². The summed E-state index contributed by atoms with van der Waals surface area (Å²) in [6, 6.07) is 3.79. The fourth-order valence-corrected chi connectivity index (χ4v) is 7.18. The minimum Gasteiger partial charge on any atom is -0.507 e. The van der Waals surface area contributed by atoms with Crippen LogP contribution in [0.4, 0.5) is 0 Å². The van der Waals surface area contributed by atoms with Crippen LogP contribution in [0.25, 0.3) is 0 Å². The summed E-state index contributed by atoms with van der Waals surface area (Å²) in [6.07, 6.45) is -2.94. The number of benzene rings is 2. The van der Waals surface area contributed by atoms with Gasteiger partial charge in [-0.2, -0.15) is 0 Å². The van der Waals surface area contributed by atoms with Gasteiger partial charge in [0.1, 0.15) is 35.6 Å². The van der Waals surface area contributed by atoms with Crippen molar-refractivity contribution >= 4 is 23.2 Å². The number of Topliss-reactive ketones (excluding diaryl/α,β-unsaturated/α-hetero) is 1. The molecule has 6 atom stereocenters. The van der Waals surface area contributed by atoms with Gasteiger partial charge in [0.15, 0.2) is 17.9 Å². The first-order valence-corrected chi connectivity index (χ1v) is 15.4. The third-order valence-electron chi connectivity index (χ3n) is 9.65. The minimum absolute atomic E-state index is 0.0456. The van der Waals surface area contributed by atoms with Gasteiger partial charge in [0, 0.05) is 49.0 Å². The first kappa shape index (κ1) is 32.1. The summed E-state index contributed by atoms with van der Waals surface area (Å²) in [4.78, 5) is 47.3. The monoisotopic (exact) mass is 638 g/mol. The van der Waals surface area contributed by atoms with Crippen LogP contribution in [0.15, 0.2) is 23.2 Å². The second-order valence-electron chi connectivity index (χ2n) is 12.4. The Kier molecular flexibility index (Phi) is 8.40. The fourth-order valence-electron chi connectivity index (χ4n) is 7.18. The number of likely N-dealkylation sites (tertiary alicyclic amines) is 1. The molecule has 2 aromatic rings. The van der Waals surface area contributed by atoms with Gasteiger partial charge < -0.3 is 44.6 Å². The van der Waals surface area contributed by atoms with E-state index in [-0.39, 0.29) is 34.4 Å². The Balaban J connectivity index is 1.43. The lowest BCUT2D eigenvalue weighted by molar-refractivity contribution is -0.247. The molecule has 246 valence electrons. The number of ether oxygens (including phenoxy) is 3. The third-order valence-corrected chi connectivity index (χ3v) is 9.65. The van der Waals surface area contributed by atoms with Crippen molar-refractivity contribution in [3.63, 3.8) is 0 Å². The molecule has 0 spiro atoms. The first-order chi connectivity index (χ1) is 21.9. The van der Waals surface area contributed by atoms with Crippen LogP contribution in [0.5, 0.6) is 17.2 Å². The molecule has 13 heteroatoms. The molecule has 0 aromatic heterocycles. The summed E-state index contributed by atoms with van der Waals surface area (Å²) < 4.78 is 17.6. The molecule has 2 fully saturated rings. The smallest absolute Gasteiger partial charge is 0.202 e. The molecular weight excluding hydrogens is 600 g/mol. The zero-order chi connectivity index (χ0) is 33.1. The van der Waals surface area contributed by atoms with Gasteiger partial charge in [0.2, 0.25) is 5.78 Å². The molecule has 2 aliphatic carbocycles. The molecule has 2 heterocycles. The van der Waals surface area contributed by atoms with Crippen LogP contribution in [0.1, 0.15) is 88.6 Å². The lowest BCUT2D eigenvalue weighted by atomic mass is 9.72. The Morgan fingerprint density at radius 1 is 1.11 bits per heavy atom. The van der Waals surface area contributed by atoms with Crippen molar-refractivity contribution in [2.24, 2.45) is 4.99 Å². The van der Waals surface area contributed by atoms with Crippen molar-refractivity contribution in [1.29, 1.82) is 0 Å². The maximum atomic E-state index is 13.9. The Bertz CT molecular complexity index is 1630. The summed E-state index contributed by atoms with van der Waals surface area (Å²) in [5, 5.41) is 55.3. The fraction of sp³-hybridized carbons (Fsp3) is 0.515. The van der Waals surface area contributed by atoms with E-state index in [4.69, 9.17) is 19.2 Å². The van der Waals surface area contributed by atoms with E-state index in [0.29, 0.717) is 0 Å². The summed E-state index contributed by atoms with van der Waals surface area (Å²) in [6.45, 7) is 4.25. The van der Waals surface area contributed by atoms with Crippen molar-refractivity contribution < 1.29 is 54.1 Å². The molecule has 2 aliphatic heterocycles. The Hall–Kier alpha value is -3.88. The number of carbonyl (C=O) groups excluding carboxylic acids is 3. The highest BCUT2D eigenvalue weighted by atomic mass is 16.7. The maximum Gasteiger partial charge on any atom is 0.202 e. The number of fused-ring (bicyclic) bond motifs is 3. The number of phenolic OH excluding ortho intramolecular Hbond substituents is 2. The van der Waals surface area contributed by atoms with E-state index in [1.807, 2.05) is 6.92 Å². The molecule has 2 saturated heterocycles. The second-order valence-corrected chi connectivity index (χ2v) is 12.4. The number of nitrogens with zero attached hydrogens (tertiary/aromatic N) is 2. The van der Waals surface area contributed by atoms with Gasteiger partial charge in [-0.25, -0.2) is 0 Å². The standard InChI is InChI=1S/C33H38N2O11/c1-15-28(38)19(34-16(2)35-9-4-5-10-35)11-23(45-15)46-21-13-33(43,22(37)14-36)12-18-25(21)32(42)27-26(30(18)40)29(39)17-7-6-8-20(44-3)24(17)31(27)41/h6-8,15,19,21,23,28,36,38,40,42-43H,4-5,9-14H2,1-3H3/t15?,19?,21-,23?,28?,33?/m0/s1. The maximum absolute atomic E-state index is 13.9. The van der Waals surface area contributed by atoms with E-state index in [1.165, 1.54) is 25.3 Å². The second kappa shape index (κ2) is 12.0. The van der Waals surface area contributed by atoms with E-state index in [1.54, 1.807) is 6.92 Å². The van der Waals surface area contributed by atoms with Crippen molar-refractivity contribution in [2.45, 2.75) is 82.2 Å². The highest BCUT2D eigenvalue weighted by Gasteiger charge is 2.50. The SMILES string of the molecule is COc1cccc2c1C(=O)c1c(O)c3c(c(O)c1C2=O)CC(O)(C(=O)CO)C[C@@H]3OC1CC(N=C(C)N2CCCC2)C(O)C(C)O1. The average Bonchev–Trinajstić information content (AvgIpc) is 3.58. The molecule has 5 unspecified atom stereocenters. The van der Waals surface area contributed by atoms with Crippen LogP contribution in [0.2, 0.25) is 0 Å². The molecule has 0 bridgehead atoms. The quantitative estimate of drug-likeness (QED) is 0.149. The van der Waals surface area contributed by atoms with E-state index < -0.39 is 95.7 Å². The van der Waals surface area contributed by atoms with Crippen molar-refractivity contribution in [3.8, 4) is 17.2 Å². The molecule has 5 N–H and O–H groups in total. The van der Waals surface area contributed by atoms with Gasteiger partial charge in [-0.3, -0.25) is 19.4 Å². The molecular formula is C33H38N2O11. The van der Waals surface area contributed by atoms with E-state index in [0.717, 1.165) is 31.8 Å². The first-order valence-electron chi connectivity index (χ1n) is 15.4. The van der Waals surface area contributed by atoms with Gasteiger partial charge >= 0.3 is 0 Å². The predicted octanol–water partition coefficient (Wildman–Crippen LogP) is 1.56. The van der Waals surface area contributed by atoms with E-state index in [2.05, 4.69) is 4.90 Å². The number of amidine groups is 1. The van der Waals surface area contributed by atoms with Gasteiger partial charge in [0.25, 0.3) is 0 Å². The Morgan fingerprint density at radius 2 is 1.80 bits per heavy atom. The van der Waals surface area contributed by atoms with E-state index in [9.17, 15) is 39.9 Å². The number of aliphatic hydroxyl groups is 3. The number of carbonyl (C=O) groups is 3. The number of methoxy groups -OCH3 is 1. The number of hydrogen-bond donors (Lipinski definition) is 5. The van der Waals surface area contributed by atoms with Crippen LogP contribution in [0.3, 0.4) is 0 Å². The van der Waals surface area contributed by atoms with Gasteiger partial charge in [0.05, 0.1) is 47.9 Å². The van der Waals surface area contributed by atoms with Crippen LogP contribution in [-0.4, -0.2) is 111 Å². The molecule has 0 saturated carbocycles. The van der Waals surface area contributed by atoms with Crippen LogP contribution >= 0.6 is 0 Å². The highest BCUT2D eigenvalue weighted by Crippen LogP contribution is 2.52. The molecule has 2 aromatic carbocycles. The highest BCUT2D eigenvalue weighted by molar-refractivity contribution is 6.31. The molecule has 0 amide bonds. The minimum atomic E-state index is -2.25. The van der Waals surface area contributed by atoms with Crippen LogP contribution < -0.4 is 4.74 Å². The lowest BCUT2D eigenvalue weighted by Crippen LogP contribution is -2.50. The number of hydrogen-bond acceptors (Lipinski definition) is 12. The Morgan fingerprint density at radius 3 is 2.48 bits per heavy atom. The summed E-state index contributed by atoms with van der Waals surface area (Å²) in [5.74, 6) is -2.94.